The normalized spacial score (nSPS) is 28.1. The molecule has 2 N–H and O–H groups in total. The summed E-state index contributed by atoms with van der Waals surface area (Å²) >= 11 is 0. The highest BCUT2D eigenvalue weighted by atomic mass is 19.4. The van der Waals surface area contributed by atoms with Gasteiger partial charge in [-0.25, -0.2) is 0 Å². The molecule has 4 heteroatoms. The third-order valence-corrected chi connectivity index (χ3v) is 4.38. The van der Waals surface area contributed by atoms with Gasteiger partial charge in [-0.1, -0.05) is 13.8 Å². The highest BCUT2D eigenvalue weighted by Crippen LogP contribution is 2.53. The zero-order valence-electron chi connectivity index (χ0n) is 10.1. The minimum Gasteiger partial charge on any atom is -0.328 e. The van der Waals surface area contributed by atoms with Crippen molar-refractivity contribution in [3.63, 3.8) is 0 Å². The third kappa shape index (κ3) is 2.36. The Hall–Kier alpha value is -0.250. The molecule has 0 spiro atoms. The molecule has 96 valence electrons. The summed E-state index contributed by atoms with van der Waals surface area (Å²) < 4.78 is 39.7. The molecular weight excluding hydrogens is 215 g/mol. The van der Waals surface area contributed by atoms with Gasteiger partial charge >= 0.3 is 6.18 Å². The van der Waals surface area contributed by atoms with Gasteiger partial charge in [-0.15, -0.1) is 0 Å². The zero-order valence-corrected chi connectivity index (χ0v) is 10.1. The Morgan fingerprint density at radius 3 is 1.75 bits per heavy atom. The van der Waals surface area contributed by atoms with Crippen molar-refractivity contribution >= 4 is 0 Å². The van der Waals surface area contributed by atoms with Gasteiger partial charge in [0.2, 0.25) is 0 Å². The van der Waals surface area contributed by atoms with Crippen LogP contribution in [0.3, 0.4) is 0 Å². The van der Waals surface area contributed by atoms with E-state index in [9.17, 15) is 13.2 Å². The van der Waals surface area contributed by atoms with Gasteiger partial charge in [-0.2, -0.15) is 13.2 Å². The SMILES string of the molecule is CCC(CC)(C1CCC(N)CC1)C(F)(F)F. The Kier molecular flexibility index (Phi) is 4.27. The number of rotatable bonds is 3. The van der Waals surface area contributed by atoms with Gasteiger partial charge in [0.15, 0.2) is 0 Å². The molecule has 0 bridgehead atoms. The third-order valence-electron chi connectivity index (χ3n) is 4.38. The summed E-state index contributed by atoms with van der Waals surface area (Å²) in [6, 6.07) is 0.107. The number of hydrogen-bond acceptors (Lipinski definition) is 1. The van der Waals surface area contributed by atoms with Crippen LogP contribution in [0.2, 0.25) is 0 Å². The van der Waals surface area contributed by atoms with Crippen molar-refractivity contribution in [1.29, 1.82) is 0 Å². The van der Waals surface area contributed by atoms with E-state index in [1.165, 1.54) is 0 Å². The lowest BCUT2D eigenvalue weighted by molar-refractivity contribution is -0.249. The largest absolute Gasteiger partial charge is 0.394 e. The van der Waals surface area contributed by atoms with E-state index < -0.39 is 11.6 Å². The predicted molar refractivity (Wildman–Crippen MR) is 59.0 cm³/mol. The molecule has 0 atom stereocenters. The minimum atomic E-state index is -4.08. The van der Waals surface area contributed by atoms with E-state index in [4.69, 9.17) is 5.73 Å². The second-order valence-electron chi connectivity index (χ2n) is 4.97. The smallest absolute Gasteiger partial charge is 0.328 e. The van der Waals surface area contributed by atoms with E-state index in [1.807, 2.05) is 0 Å². The van der Waals surface area contributed by atoms with E-state index in [2.05, 4.69) is 0 Å². The first-order chi connectivity index (χ1) is 7.37. The quantitative estimate of drug-likeness (QED) is 0.792. The molecule has 0 aromatic heterocycles. The van der Waals surface area contributed by atoms with Crippen LogP contribution in [0.5, 0.6) is 0 Å². The molecule has 1 rings (SSSR count). The summed E-state index contributed by atoms with van der Waals surface area (Å²) in [4.78, 5) is 0. The van der Waals surface area contributed by atoms with E-state index in [0.29, 0.717) is 12.8 Å². The highest BCUT2D eigenvalue weighted by molar-refractivity contribution is 4.93. The lowest BCUT2D eigenvalue weighted by Crippen LogP contribution is -2.46. The van der Waals surface area contributed by atoms with Gasteiger partial charge in [-0.3, -0.25) is 0 Å². The fourth-order valence-corrected chi connectivity index (χ4v) is 3.13. The molecule has 0 saturated heterocycles. The Morgan fingerprint density at radius 2 is 1.44 bits per heavy atom. The van der Waals surface area contributed by atoms with Gasteiger partial charge in [0.1, 0.15) is 0 Å². The average Bonchev–Trinajstić information content (AvgIpc) is 2.21. The molecule has 0 aromatic rings. The topological polar surface area (TPSA) is 26.0 Å². The predicted octanol–water partition coefficient (Wildman–Crippen LogP) is 3.87. The Bertz CT molecular complexity index is 213. The molecule has 1 saturated carbocycles. The maximum absolute atomic E-state index is 13.2. The van der Waals surface area contributed by atoms with Crippen LogP contribution in [0, 0.1) is 11.3 Å². The van der Waals surface area contributed by atoms with E-state index in [-0.39, 0.29) is 24.8 Å². The van der Waals surface area contributed by atoms with Gasteiger partial charge in [-0.05, 0) is 44.4 Å². The summed E-state index contributed by atoms with van der Waals surface area (Å²) in [5.74, 6) is -0.234. The molecule has 0 unspecified atom stereocenters. The van der Waals surface area contributed by atoms with Crippen LogP contribution in [-0.4, -0.2) is 12.2 Å². The van der Waals surface area contributed by atoms with Crippen LogP contribution in [0.15, 0.2) is 0 Å². The maximum atomic E-state index is 13.2. The van der Waals surface area contributed by atoms with Crippen molar-refractivity contribution in [2.45, 2.75) is 64.6 Å². The molecule has 1 nitrogen and oxygen atoms in total. The van der Waals surface area contributed by atoms with E-state index in [0.717, 1.165) is 12.8 Å². The van der Waals surface area contributed by atoms with Crippen LogP contribution in [0.4, 0.5) is 13.2 Å². The molecule has 0 radical (unpaired) electrons. The molecule has 1 aliphatic carbocycles. The highest BCUT2D eigenvalue weighted by Gasteiger charge is 2.56. The lowest BCUT2D eigenvalue weighted by Gasteiger charge is -2.44. The summed E-state index contributed by atoms with van der Waals surface area (Å²) in [6.07, 6.45) is -0.974. The van der Waals surface area contributed by atoms with Gasteiger partial charge < -0.3 is 5.73 Å². The molecule has 0 aliphatic heterocycles. The summed E-state index contributed by atoms with van der Waals surface area (Å²) in [5.41, 5.74) is 4.27. The second-order valence-corrected chi connectivity index (χ2v) is 4.97. The first-order valence-electron chi connectivity index (χ1n) is 6.19. The van der Waals surface area contributed by atoms with Crippen LogP contribution >= 0.6 is 0 Å². The molecule has 1 fully saturated rings. The monoisotopic (exact) mass is 237 g/mol. The van der Waals surface area contributed by atoms with E-state index in [1.54, 1.807) is 13.8 Å². The summed E-state index contributed by atoms with van der Waals surface area (Å²) in [6.45, 7) is 3.32. The van der Waals surface area contributed by atoms with E-state index >= 15 is 0 Å². The second kappa shape index (κ2) is 4.94. The zero-order chi connectivity index (χ0) is 12.4. The molecule has 16 heavy (non-hydrogen) atoms. The van der Waals surface area contributed by atoms with Gasteiger partial charge in [0.25, 0.3) is 0 Å². The summed E-state index contributed by atoms with van der Waals surface area (Å²) in [5, 5.41) is 0. The van der Waals surface area contributed by atoms with Gasteiger partial charge in [0.05, 0.1) is 5.41 Å². The minimum absolute atomic E-state index is 0.107. The van der Waals surface area contributed by atoms with Crippen molar-refractivity contribution in [1.82, 2.24) is 0 Å². The Morgan fingerprint density at radius 1 is 1.00 bits per heavy atom. The summed E-state index contributed by atoms with van der Waals surface area (Å²) in [7, 11) is 0. The first kappa shape index (κ1) is 13.8. The first-order valence-corrected chi connectivity index (χ1v) is 6.19. The molecule has 0 amide bonds. The van der Waals surface area contributed by atoms with Crippen LogP contribution in [0.1, 0.15) is 52.4 Å². The van der Waals surface area contributed by atoms with Gasteiger partial charge in [0, 0.05) is 6.04 Å². The number of hydrogen-bond donors (Lipinski definition) is 1. The van der Waals surface area contributed by atoms with Crippen molar-refractivity contribution in [3.05, 3.63) is 0 Å². The Balaban J connectivity index is 2.85. The molecular formula is C12H22F3N. The van der Waals surface area contributed by atoms with Crippen molar-refractivity contribution in [3.8, 4) is 0 Å². The molecule has 1 aliphatic rings. The van der Waals surface area contributed by atoms with Crippen LogP contribution < -0.4 is 5.73 Å². The fraction of sp³-hybridized carbons (Fsp3) is 1.00. The number of nitrogens with two attached hydrogens (primary N) is 1. The number of halogens is 3. The standard InChI is InChI=1S/C12H22F3N/c1-3-11(4-2,12(13,14)15)9-5-7-10(16)8-6-9/h9-10H,3-8,16H2,1-2H3. The maximum Gasteiger partial charge on any atom is 0.394 e. The molecule has 0 heterocycles. The van der Waals surface area contributed by atoms with Crippen molar-refractivity contribution < 1.29 is 13.2 Å². The Labute approximate surface area is 95.6 Å². The van der Waals surface area contributed by atoms with Crippen LogP contribution in [0.25, 0.3) is 0 Å². The number of alkyl halides is 3. The van der Waals surface area contributed by atoms with Crippen molar-refractivity contribution in [2.24, 2.45) is 17.1 Å². The molecule has 0 aromatic carbocycles. The van der Waals surface area contributed by atoms with Crippen LogP contribution in [-0.2, 0) is 0 Å². The lowest BCUT2D eigenvalue weighted by atomic mass is 9.64. The fourth-order valence-electron chi connectivity index (χ4n) is 3.13. The van der Waals surface area contributed by atoms with Crippen molar-refractivity contribution in [2.75, 3.05) is 0 Å². The average molecular weight is 237 g/mol.